The lowest BCUT2D eigenvalue weighted by molar-refractivity contribution is -0.0922. The average Bonchev–Trinajstić information content (AvgIpc) is 2.69. The zero-order valence-electron chi connectivity index (χ0n) is 11.7. The number of hydrogen-bond donors (Lipinski definition) is 0. The van der Waals surface area contributed by atoms with Crippen LogP contribution in [0.25, 0.3) is 0 Å². The second kappa shape index (κ2) is 6.48. The maximum absolute atomic E-state index is 12.3. The largest absolute Gasteiger partial charge is 0.286 e. The average molecular weight is 273 g/mol. The molecule has 4 heteroatoms. The summed E-state index contributed by atoms with van der Waals surface area (Å²) in [7, 11) is 0. The van der Waals surface area contributed by atoms with Crippen molar-refractivity contribution in [3.63, 3.8) is 0 Å². The number of allylic oxidation sites excluding steroid dienone is 1. The number of imide groups is 1. The van der Waals surface area contributed by atoms with Crippen LogP contribution in [-0.4, -0.2) is 23.5 Å². The Morgan fingerprint density at radius 2 is 2.05 bits per heavy atom. The highest BCUT2D eigenvalue weighted by Gasteiger charge is 2.38. The Labute approximate surface area is 119 Å². The number of benzene rings is 1. The van der Waals surface area contributed by atoms with E-state index in [4.69, 9.17) is 4.84 Å². The zero-order chi connectivity index (χ0) is 14.5. The summed E-state index contributed by atoms with van der Waals surface area (Å²) in [6.07, 6.45) is 5.20. The van der Waals surface area contributed by atoms with Crippen molar-refractivity contribution in [1.82, 2.24) is 5.06 Å². The van der Waals surface area contributed by atoms with Crippen LogP contribution in [0.3, 0.4) is 0 Å². The van der Waals surface area contributed by atoms with Crippen molar-refractivity contribution in [3.05, 3.63) is 47.5 Å². The SMILES string of the molecule is C=CCc1cccc2c1C(=O)N(OCCCCC)C2=O. The molecule has 0 aliphatic carbocycles. The van der Waals surface area contributed by atoms with E-state index in [2.05, 4.69) is 13.5 Å². The lowest BCUT2D eigenvalue weighted by atomic mass is 10.0. The van der Waals surface area contributed by atoms with Crippen molar-refractivity contribution in [2.24, 2.45) is 0 Å². The Bertz CT molecular complexity index is 537. The van der Waals surface area contributed by atoms with Crippen LogP contribution in [0.2, 0.25) is 0 Å². The molecule has 1 heterocycles. The van der Waals surface area contributed by atoms with E-state index in [0.29, 0.717) is 24.2 Å². The first-order chi connectivity index (χ1) is 9.70. The second-order valence-electron chi connectivity index (χ2n) is 4.78. The number of nitrogens with zero attached hydrogens (tertiary/aromatic N) is 1. The van der Waals surface area contributed by atoms with Crippen LogP contribution >= 0.6 is 0 Å². The van der Waals surface area contributed by atoms with E-state index in [1.165, 1.54) is 0 Å². The predicted octanol–water partition coefficient (Wildman–Crippen LogP) is 3.13. The molecule has 0 radical (unpaired) electrons. The summed E-state index contributed by atoms with van der Waals surface area (Å²) in [4.78, 5) is 29.8. The molecule has 1 aliphatic heterocycles. The van der Waals surface area contributed by atoms with Gasteiger partial charge in [0, 0.05) is 0 Å². The predicted molar refractivity (Wildman–Crippen MR) is 76.3 cm³/mol. The second-order valence-corrected chi connectivity index (χ2v) is 4.78. The molecule has 0 saturated carbocycles. The van der Waals surface area contributed by atoms with Crippen LogP contribution in [0.15, 0.2) is 30.9 Å². The van der Waals surface area contributed by atoms with Gasteiger partial charge in [-0.15, -0.1) is 11.6 Å². The fraction of sp³-hybridized carbons (Fsp3) is 0.375. The molecule has 1 aliphatic rings. The van der Waals surface area contributed by atoms with Crippen LogP contribution in [0.5, 0.6) is 0 Å². The Hall–Kier alpha value is -1.94. The van der Waals surface area contributed by atoms with E-state index in [0.717, 1.165) is 29.9 Å². The molecule has 0 aromatic heterocycles. The number of amides is 2. The van der Waals surface area contributed by atoms with E-state index in [9.17, 15) is 9.59 Å². The molecule has 20 heavy (non-hydrogen) atoms. The number of hydrogen-bond acceptors (Lipinski definition) is 3. The highest BCUT2D eigenvalue weighted by atomic mass is 16.7. The first-order valence-corrected chi connectivity index (χ1v) is 6.95. The van der Waals surface area contributed by atoms with E-state index in [1.54, 1.807) is 18.2 Å². The normalized spacial score (nSPS) is 13.8. The molecule has 2 rings (SSSR count). The topological polar surface area (TPSA) is 46.6 Å². The molecule has 0 unspecified atom stereocenters. The van der Waals surface area contributed by atoms with Gasteiger partial charge in [0.15, 0.2) is 0 Å². The monoisotopic (exact) mass is 273 g/mol. The van der Waals surface area contributed by atoms with Gasteiger partial charge in [0.05, 0.1) is 17.7 Å². The molecule has 1 aromatic rings. The van der Waals surface area contributed by atoms with Gasteiger partial charge in [-0.2, -0.15) is 0 Å². The van der Waals surface area contributed by atoms with E-state index < -0.39 is 0 Å². The molecule has 4 nitrogen and oxygen atoms in total. The quantitative estimate of drug-likeness (QED) is 0.435. The molecule has 0 N–H and O–H groups in total. The lowest BCUT2D eigenvalue weighted by Crippen LogP contribution is -2.30. The third-order valence-corrected chi connectivity index (χ3v) is 3.30. The first kappa shape index (κ1) is 14.5. The van der Waals surface area contributed by atoms with Crippen molar-refractivity contribution >= 4 is 11.8 Å². The molecule has 0 bridgehead atoms. The summed E-state index contributed by atoms with van der Waals surface area (Å²) in [5.74, 6) is -0.730. The standard InChI is InChI=1S/C16H19NO3/c1-3-5-6-11-20-17-15(18)13-10-7-9-12(8-4-2)14(13)16(17)19/h4,7,9-10H,2-3,5-6,8,11H2,1H3. The van der Waals surface area contributed by atoms with Gasteiger partial charge in [0.2, 0.25) is 0 Å². The molecule has 2 amide bonds. The molecular weight excluding hydrogens is 254 g/mol. The zero-order valence-corrected chi connectivity index (χ0v) is 11.7. The summed E-state index contributed by atoms with van der Waals surface area (Å²) in [6, 6.07) is 5.28. The molecule has 0 spiro atoms. The fourth-order valence-corrected chi connectivity index (χ4v) is 2.28. The molecule has 0 atom stereocenters. The van der Waals surface area contributed by atoms with Gasteiger partial charge in [0.25, 0.3) is 11.8 Å². The maximum atomic E-state index is 12.3. The summed E-state index contributed by atoms with van der Waals surface area (Å²) in [6.45, 7) is 6.15. The molecule has 106 valence electrons. The number of rotatable bonds is 7. The van der Waals surface area contributed by atoms with Crippen molar-refractivity contribution < 1.29 is 14.4 Å². The fourth-order valence-electron chi connectivity index (χ4n) is 2.28. The minimum absolute atomic E-state index is 0.362. The van der Waals surface area contributed by atoms with Crippen molar-refractivity contribution in [2.75, 3.05) is 6.61 Å². The maximum Gasteiger partial charge on any atom is 0.286 e. The molecule has 0 saturated heterocycles. The van der Waals surface area contributed by atoms with Gasteiger partial charge in [0.1, 0.15) is 0 Å². The summed E-state index contributed by atoms with van der Waals surface area (Å²) in [5, 5.41) is 0.896. The van der Waals surface area contributed by atoms with Crippen LogP contribution in [0, 0.1) is 0 Å². The summed E-state index contributed by atoms with van der Waals surface area (Å²) >= 11 is 0. The smallest absolute Gasteiger partial charge is 0.266 e. The van der Waals surface area contributed by atoms with Crippen LogP contribution in [0.4, 0.5) is 0 Å². The Morgan fingerprint density at radius 1 is 1.25 bits per heavy atom. The lowest BCUT2D eigenvalue weighted by Gasteiger charge is -2.13. The van der Waals surface area contributed by atoms with E-state index in [-0.39, 0.29) is 11.8 Å². The highest BCUT2D eigenvalue weighted by molar-refractivity contribution is 6.21. The van der Waals surface area contributed by atoms with Crippen LogP contribution < -0.4 is 0 Å². The van der Waals surface area contributed by atoms with Gasteiger partial charge < -0.3 is 0 Å². The van der Waals surface area contributed by atoms with Gasteiger partial charge in [-0.3, -0.25) is 14.4 Å². The number of carbonyl (C=O) groups excluding carboxylic acids is 2. The Kier molecular flexibility index (Phi) is 4.69. The summed E-state index contributed by atoms with van der Waals surface area (Å²) in [5.41, 5.74) is 1.69. The van der Waals surface area contributed by atoms with Crippen LogP contribution in [0.1, 0.15) is 52.5 Å². The van der Waals surface area contributed by atoms with Crippen molar-refractivity contribution in [3.8, 4) is 0 Å². The van der Waals surface area contributed by atoms with Crippen molar-refractivity contribution in [2.45, 2.75) is 32.6 Å². The molecule has 0 fully saturated rings. The molecule has 1 aromatic carbocycles. The van der Waals surface area contributed by atoms with Gasteiger partial charge >= 0.3 is 0 Å². The number of unbranched alkanes of at least 4 members (excludes halogenated alkanes) is 2. The van der Waals surface area contributed by atoms with E-state index >= 15 is 0 Å². The van der Waals surface area contributed by atoms with Crippen LogP contribution in [-0.2, 0) is 11.3 Å². The number of fused-ring (bicyclic) bond motifs is 1. The minimum Gasteiger partial charge on any atom is -0.266 e. The molecular formula is C16H19NO3. The van der Waals surface area contributed by atoms with E-state index in [1.807, 2.05) is 6.07 Å². The highest BCUT2D eigenvalue weighted by Crippen LogP contribution is 2.26. The number of hydroxylamine groups is 2. The first-order valence-electron chi connectivity index (χ1n) is 6.95. The third kappa shape index (κ3) is 2.65. The Morgan fingerprint density at radius 3 is 2.75 bits per heavy atom. The van der Waals surface area contributed by atoms with Crippen molar-refractivity contribution in [1.29, 1.82) is 0 Å². The van der Waals surface area contributed by atoms with Gasteiger partial charge in [-0.1, -0.05) is 38.0 Å². The Balaban J connectivity index is 2.17. The minimum atomic E-state index is -0.368. The van der Waals surface area contributed by atoms with Gasteiger partial charge in [-0.05, 0) is 24.5 Å². The number of carbonyl (C=O) groups is 2. The van der Waals surface area contributed by atoms with Gasteiger partial charge in [-0.25, -0.2) is 0 Å². The third-order valence-electron chi connectivity index (χ3n) is 3.30. The summed E-state index contributed by atoms with van der Waals surface area (Å²) < 4.78 is 0.